The summed E-state index contributed by atoms with van der Waals surface area (Å²) < 4.78 is 0. The Hall–Kier alpha value is -0.0800. The molecular weight excluding hydrogens is 124 g/mol. The molecule has 0 bridgehead atoms. The topological polar surface area (TPSA) is 24.1 Å². The first-order valence-corrected chi connectivity index (χ1v) is 4.38. The Labute approximate surface area is 62.4 Å². The molecule has 2 heteroatoms. The molecule has 2 rings (SSSR count). The van der Waals surface area contributed by atoms with E-state index in [0.29, 0.717) is 0 Å². The van der Waals surface area contributed by atoms with Gasteiger partial charge in [-0.25, -0.2) is 0 Å². The van der Waals surface area contributed by atoms with Gasteiger partial charge in [0.25, 0.3) is 0 Å². The molecule has 0 unspecified atom stereocenters. The van der Waals surface area contributed by atoms with Gasteiger partial charge in [0.2, 0.25) is 0 Å². The quantitative estimate of drug-likeness (QED) is 0.502. The second-order valence-electron chi connectivity index (χ2n) is 3.51. The van der Waals surface area contributed by atoms with Gasteiger partial charge in [0, 0.05) is 0 Å². The smallest absolute Gasteiger partial charge is 0.00168 e. The molecule has 58 valence electrons. The Kier molecular flexibility index (Phi) is 1.91. The molecule has 2 saturated heterocycles. The van der Waals surface area contributed by atoms with Crippen molar-refractivity contribution >= 4 is 0 Å². The van der Waals surface area contributed by atoms with Crippen molar-refractivity contribution in [2.75, 3.05) is 26.2 Å². The molecule has 2 atom stereocenters. The van der Waals surface area contributed by atoms with E-state index >= 15 is 0 Å². The van der Waals surface area contributed by atoms with Gasteiger partial charge < -0.3 is 10.6 Å². The van der Waals surface area contributed by atoms with Gasteiger partial charge >= 0.3 is 0 Å². The summed E-state index contributed by atoms with van der Waals surface area (Å²) in [5.74, 6) is 1.96. The van der Waals surface area contributed by atoms with Crippen LogP contribution in [0.4, 0.5) is 0 Å². The minimum Gasteiger partial charge on any atom is -0.317 e. The van der Waals surface area contributed by atoms with Crippen LogP contribution in [-0.2, 0) is 0 Å². The van der Waals surface area contributed by atoms with E-state index in [1.807, 2.05) is 0 Å². The maximum atomic E-state index is 3.46. The molecule has 0 amide bonds. The third-order valence-corrected chi connectivity index (χ3v) is 2.86. The van der Waals surface area contributed by atoms with Crippen LogP contribution in [0.3, 0.4) is 0 Å². The average Bonchev–Trinajstić information content (AvgIpc) is 2.28. The van der Waals surface area contributed by atoms with Crippen LogP contribution in [0.2, 0.25) is 0 Å². The number of hydrogen-bond acceptors (Lipinski definition) is 2. The van der Waals surface area contributed by atoms with Crippen LogP contribution in [0.5, 0.6) is 0 Å². The van der Waals surface area contributed by atoms with E-state index in [4.69, 9.17) is 0 Å². The van der Waals surface area contributed by atoms with Gasteiger partial charge in [-0.3, -0.25) is 0 Å². The van der Waals surface area contributed by atoms with Crippen LogP contribution in [-0.4, -0.2) is 26.2 Å². The maximum absolute atomic E-state index is 3.46. The molecule has 2 aliphatic heterocycles. The average molecular weight is 140 g/mol. The summed E-state index contributed by atoms with van der Waals surface area (Å²) >= 11 is 0. The molecule has 0 aliphatic carbocycles. The summed E-state index contributed by atoms with van der Waals surface area (Å²) in [6, 6.07) is 0. The first kappa shape index (κ1) is 6.62. The largest absolute Gasteiger partial charge is 0.317 e. The standard InChI is InChI=1S/C8H16N2/c1-3-9-4-2-8-6-10-5-7(1)8/h7-10H,1-6H2/t7-,8+. The number of rotatable bonds is 0. The summed E-state index contributed by atoms with van der Waals surface area (Å²) in [4.78, 5) is 0. The first-order valence-electron chi connectivity index (χ1n) is 4.38. The number of fused-ring (bicyclic) bond motifs is 1. The lowest BCUT2D eigenvalue weighted by atomic mass is 9.92. The van der Waals surface area contributed by atoms with Gasteiger partial charge in [-0.05, 0) is 50.9 Å². The van der Waals surface area contributed by atoms with Crippen LogP contribution < -0.4 is 10.6 Å². The van der Waals surface area contributed by atoms with Crippen LogP contribution >= 0.6 is 0 Å². The second kappa shape index (κ2) is 2.89. The van der Waals surface area contributed by atoms with Gasteiger partial charge in [0.1, 0.15) is 0 Å². The van der Waals surface area contributed by atoms with E-state index in [1.54, 1.807) is 0 Å². The highest BCUT2D eigenvalue weighted by molar-refractivity contribution is 4.83. The second-order valence-corrected chi connectivity index (χ2v) is 3.51. The molecule has 0 spiro atoms. The summed E-state index contributed by atoms with van der Waals surface area (Å²) in [7, 11) is 0. The highest BCUT2D eigenvalue weighted by Gasteiger charge is 2.27. The highest BCUT2D eigenvalue weighted by atomic mass is 14.9. The first-order chi connectivity index (χ1) is 4.97. The predicted molar refractivity (Wildman–Crippen MR) is 42.0 cm³/mol. The molecule has 10 heavy (non-hydrogen) atoms. The number of hydrogen-bond donors (Lipinski definition) is 2. The van der Waals surface area contributed by atoms with E-state index in [9.17, 15) is 0 Å². The summed E-state index contributed by atoms with van der Waals surface area (Å²) in [5.41, 5.74) is 0. The zero-order chi connectivity index (χ0) is 6.81. The van der Waals surface area contributed by atoms with Crippen molar-refractivity contribution in [2.45, 2.75) is 12.8 Å². The number of nitrogens with one attached hydrogen (secondary N) is 2. The Balaban J connectivity index is 1.95. The zero-order valence-corrected chi connectivity index (χ0v) is 6.40. The lowest BCUT2D eigenvalue weighted by Crippen LogP contribution is -2.17. The van der Waals surface area contributed by atoms with Crippen molar-refractivity contribution in [3.05, 3.63) is 0 Å². The Morgan fingerprint density at radius 3 is 2.00 bits per heavy atom. The summed E-state index contributed by atoms with van der Waals surface area (Å²) in [6.07, 6.45) is 2.77. The lowest BCUT2D eigenvalue weighted by Gasteiger charge is -2.12. The molecule has 0 radical (unpaired) electrons. The van der Waals surface area contributed by atoms with Crippen molar-refractivity contribution in [2.24, 2.45) is 11.8 Å². The van der Waals surface area contributed by atoms with E-state index in [2.05, 4.69) is 10.6 Å². The van der Waals surface area contributed by atoms with Gasteiger partial charge in [0.05, 0.1) is 0 Å². The van der Waals surface area contributed by atoms with Gasteiger partial charge in [-0.15, -0.1) is 0 Å². The molecule has 2 aliphatic rings. The van der Waals surface area contributed by atoms with Crippen molar-refractivity contribution in [1.82, 2.24) is 10.6 Å². The predicted octanol–water partition coefficient (Wildman–Crippen LogP) is 0.205. The zero-order valence-electron chi connectivity index (χ0n) is 6.40. The van der Waals surface area contributed by atoms with E-state index < -0.39 is 0 Å². The van der Waals surface area contributed by atoms with Gasteiger partial charge in [-0.1, -0.05) is 0 Å². The molecular formula is C8H16N2. The van der Waals surface area contributed by atoms with Crippen LogP contribution in [0, 0.1) is 11.8 Å². The van der Waals surface area contributed by atoms with Crippen molar-refractivity contribution in [3.63, 3.8) is 0 Å². The molecule has 0 saturated carbocycles. The SMILES string of the molecule is C1C[C@@H]2CNC[C@@H]2CCN1. The monoisotopic (exact) mass is 140 g/mol. The molecule has 0 aromatic carbocycles. The minimum atomic E-state index is 0.981. The molecule has 0 aromatic heterocycles. The van der Waals surface area contributed by atoms with Crippen LogP contribution in [0.15, 0.2) is 0 Å². The maximum Gasteiger partial charge on any atom is -0.00168 e. The molecule has 0 aromatic rings. The van der Waals surface area contributed by atoms with Crippen molar-refractivity contribution < 1.29 is 0 Å². The van der Waals surface area contributed by atoms with E-state index in [-0.39, 0.29) is 0 Å². The molecule has 2 fully saturated rings. The van der Waals surface area contributed by atoms with Crippen LogP contribution in [0.1, 0.15) is 12.8 Å². The van der Waals surface area contributed by atoms with Gasteiger partial charge in [-0.2, -0.15) is 0 Å². The fourth-order valence-corrected chi connectivity index (χ4v) is 2.16. The van der Waals surface area contributed by atoms with Crippen molar-refractivity contribution in [3.8, 4) is 0 Å². The van der Waals surface area contributed by atoms with E-state index in [1.165, 1.54) is 39.0 Å². The van der Waals surface area contributed by atoms with Crippen LogP contribution in [0.25, 0.3) is 0 Å². The summed E-state index contributed by atoms with van der Waals surface area (Å²) in [6.45, 7) is 5.02. The fraction of sp³-hybridized carbons (Fsp3) is 1.00. The third kappa shape index (κ3) is 1.18. The Morgan fingerprint density at radius 2 is 1.40 bits per heavy atom. The minimum absolute atomic E-state index is 0.981. The highest BCUT2D eigenvalue weighted by Crippen LogP contribution is 2.24. The molecule has 2 N–H and O–H groups in total. The Bertz CT molecular complexity index is 102. The fourth-order valence-electron chi connectivity index (χ4n) is 2.16. The summed E-state index contributed by atoms with van der Waals surface area (Å²) in [5, 5.41) is 6.91. The normalized spacial score (nSPS) is 40.8. The third-order valence-electron chi connectivity index (χ3n) is 2.86. The van der Waals surface area contributed by atoms with Crippen molar-refractivity contribution in [1.29, 1.82) is 0 Å². The molecule has 2 nitrogen and oxygen atoms in total. The molecule has 2 heterocycles. The Morgan fingerprint density at radius 1 is 0.800 bits per heavy atom. The lowest BCUT2D eigenvalue weighted by molar-refractivity contribution is 0.409. The van der Waals surface area contributed by atoms with Gasteiger partial charge in [0.15, 0.2) is 0 Å². The van der Waals surface area contributed by atoms with E-state index in [0.717, 1.165) is 11.8 Å².